The maximum absolute atomic E-state index is 12.1. The topological polar surface area (TPSA) is 54.5 Å². The number of carbonyl (C=O) groups is 1. The summed E-state index contributed by atoms with van der Waals surface area (Å²) >= 11 is 0. The number of carbonyl (C=O) groups excluding carboxylic acids is 1. The fourth-order valence-electron chi connectivity index (χ4n) is 4.33. The van der Waals surface area contributed by atoms with Crippen molar-refractivity contribution in [2.45, 2.75) is 25.7 Å². The van der Waals surface area contributed by atoms with E-state index in [1.807, 2.05) is 24.3 Å². The van der Waals surface area contributed by atoms with Gasteiger partial charge in [0, 0.05) is 43.3 Å². The van der Waals surface area contributed by atoms with Crippen LogP contribution < -0.4 is 10.1 Å². The van der Waals surface area contributed by atoms with E-state index >= 15 is 0 Å². The van der Waals surface area contributed by atoms with Crippen molar-refractivity contribution in [2.24, 2.45) is 11.8 Å². The zero-order chi connectivity index (χ0) is 18.5. The number of hydrogen-bond donors (Lipinski definition) is 1. The van der Waals surface area contributed by atoms with Crippen molar-refractivity contribution in [2.75, 3.05) is 31.6 Å². The van der Waals surface area contributed by atoms with E-state index in [1.54, 1.807) is 24.5 Å². The van der Waals surface area contributed by atoms with Crippen molar-refractivity contribution >= 4 is 11.6 Å². The van der Waals surface area contributed by atoms with Crippen molar-refractivity contribution < 1.29 is 9.53 Å². The smallest absolute Gasteiger partial charge is 0.255 e. The van der Waals surface area contributed by atoms with Crippen LogP contribution in [0.5, 0.6) is 5.75 Å². The number of amides is 1. The van der Waals surface area contributed by atoms with Gasteiger partial charge in [0.05, 0.1) is 6.61 Å². The summed E-state index contributed by atoms with van der Waals surface area (Å²) < 4.78 is 5.86. The van der Waals surface area contributed by atoms with Crippen LogP contribution in [0.1, 0.15) is 36.0 Å². The molecule has 1 aromatic heterocycles. The minimum atomic E-state index is -0.138. The van der Waals surface area contributed by atoms with Crippen molar-refractivity contribution in [3.63, 3.8) is 0 Å². The fourth-order valence-corrected chi connectivity index (χ4v) is 4.33. The highest BCUT2D eigenvalue weighted by molar-refractivity contribution is 6.04. The summed E-state index contributed by atoms with van der Waals surface area (Å²) in [6.45, 7) is 4.44. The Morgan fingerprint density at radius 1 is 1.07 bits per heavy atom. The van der Waals surface area contributed by atoms with Crippen LogP contribution in [-0.2, 0) is 0 Å². The zero-order valence-electron chi connectivity index (χ0n) is 15.6. The van der Waals surface area contributed by atoms with E-state index in [4.69, 9.17) is 4.74 Å². The maximum Gasteiger partial charge on any atom is 0.255 e. The predicted molar refractivity (Wildman–Crippen MR) is 106 cm³/mol. The molecule has 27 heavy (non-hydrogen) atoms. The number of benzene rings is 1. The van der Waals surface area contributed by atoms with Crippen LogP contribution >= 0.6 is 0 Å². The average Bonchev–Trinajstić information content (AvgIpc) is 3.29. The monoisotopic (exact) mass is 365 g/mol. The first-order valence-corrected chi connectivity index (χ1v) is 9.94. The van der Waals surface area contributed by atoms with E-state index in [9.17, 15) is 4.79 Å². The lowest BCUT2D eigenvalue weighted by Crippen LogP contribution is -2.24. The summed E-state index contributed by atoms with van der Waals surface area (Å²) in [6.07, 6.45) is 8.58. The molecule has 1 aliphatic carbocycles. The van der Waals surface area contributed by atoms with Gasteiger partial charge >= 0.3 is 0 Å². The van der Waals surface area contributed by atoms with E-state index in [0.29, 0.717) is 5.56 Å². The molecule has 1 N–H and O–H groups in total. The molecule has 5 heteroatoms. The molecule has 5 nitrogen and oxygen atoms in total. The Labute approximate surface area is 160 Å². The first-order chi connectivity index (χ1) is 13.3. The molecule has 1 amide bonds. The minimum Gasteiger partial charge on any atom is -0.494 e. The van der Waals surface area contributed by atoms with E-state index in [0.717, 1.165) is 42.8 Å². The largest absolute Gasteiger partial charge is 0.494 e. The van der Waals surface area contributed by atoms with Crippen LogP contribution in [-0.4, -0.2) is 42.0 Å². The van der Waals surface area contributed by atoms with Crippen molar-refractivity contribution in [1.29, 1.82) is 0 Å². The van der Waals surface area contributed by atoms with Crippen LogP contribution in [0.4, 0.5) is 5.69 Å². The Bertz CT molecular complexity index is 736. The summed E-state index contributed by atoms with van der Waals surface area (Å²) in [7, 11) is 0. The first-order valence-electron chi connectivity index (χ1n) is 9.94. The lowest BCUT2D eigenvalue weighted by Gasteiger charge is -2.16. The van der Waals surface area contributed by atoms with Gasteiger partial charge in [-0.3, -0.25) is 9.78 Å². The molecule has 2 aliphatic rings. The third kappa shape index (κ3) is 4.66. The number of rotatable bonds is 7. The third-order valence-electron chi connectivity index (χ3n) is 5.74. The molecule has 1 aromatic carbocycles. The summed E-state index contributed by atoms with van der Waals surface area (Å²) in [4.78, 5) is 18.7. The van der Waals surface area contributed by atoms with Crippen LogP contribution in [0.2, 0.25) is 0 Å². The molecule has 0 bridgehead atoms. The van der Waals surface area contributed by atoms with E-state index in [-0.39, 0.29) is 5.91 Å². The molecule has 2 fully saturated rings. The van der Waals surface area contributed by atoms with Gasteiger partial charge in [-0.2, -0.15) is 0 Å². The van der Waals surface area contributed by atoms with Crippen molar-refractivity contribution in [3.8, 4) is 5.75 Å². The number of likely N-dealkylation sites (tertiary alicyclic amines) is 1. The number of aromatic nitrogens is 1. The predicted octanol–water partition coefficient (Wildman–Crippen LogP) is 3.83. The molecular formula is C22H27N3O2. The number of ether oxygens (including phenoxy) is 1. The van der Waals surface area contributed by atoms with Gasteiger partial charge in [0.2, 0.25) is 0 Å². The molecule has 1 saturated carbocycles. The van der Waals surface area contributed by atoms with Crippen LogP contribution in [0.25, 0.3) is 0 Å². The molecule has 2 unspecified atom stereocenters. The minimum absolute atomic E-state index is 0.138. The Balaban J connectivity index is 1.18. The van der Waals surface area contributed by atoms with E-state index in [2.05, 4.69) is 15.2 Å². The number of nitrogens with one attached hydrogen (secondary N) is 1. The summed E-state index contributed by atoms with van der Waals surface area (Å²) in [5.74, 6) is 2.62. The van der Waals surface area contributed by atoms with Gasteiger partial charge in [-0.25, -0.2) is 0 Å². The zero-order valence-corrected chi connectivity index (χ0v) is 15.6. The molecule has 2 aromatic rings. The van der Waals surface area contributed by atoms with Crippen LogP contribution in [0.3, 0.4) is 0 Å². The normalized spacial score (nSPS) is 21.8. The fraction of sp³-hybridized carbons (Fsp3) is 0.455. The standard InChI is InChI=1S/C22H27N3O2/c26-22(17-9-11-23-12-10-17)24-20-5-7-21(8-6-20)27-14-2-13-25-15-18-3-1-4-19(18)16-25/h5-12,18-19H,1-4,13-16H2,(H,24,26). The Morgan fingerprint density at radius 3 is 2.48 bits per heavy atom. The van der Waals surface area contributed by atoms with Crippen LogP contribution in [0, 0.1) is 11.8 Å². The van der Waals surface area contributed by atoms with Gasteiger partial charge in [0.25, 0.3) is 5.91 Å². The second-order valence-electron chi connectivity index (χ2n) is 7.63. The molecular weight excluding hydrogens is 338 g/mol. The average molecular weight is 365 g/mol. The van der Waals surface area contributed by atoms with Gasteiger partial charge in [0.15, 0.2) is 0 Å². The second kappa shape index (κ2) is 8.53. The molecule has 0 radical (unpaired) electrons. The number of hydrogen-bond acceptors (Lipinski definition) is 4. The van der Waals surface area contributed by atoms with Crippen LogP contribution in [0.15, 0.2) is 48.8 Å². The summed E-state index contributed by atoms with van der Waals surface area (Å²) in [6, 6.07) is 10.9. The lowest BCUT2D eigenvalue weighted by atomic mass is 10.0. The third-order valence-corrected chi connectivity index (χ3v) is 5.74. The summed E-state index contributed by atoms with van der Waals surface area (Å²) in [5, 5.41) is 2.88. The van der Waals surface area contributed by atoms with Crippen molar-refractivity contribution in [1.82, 2.24) is 9.88 Å². The molecule has 1 saturated heterocycles. The van der Waals surface area contributed by atoms with Gasteiger partial charge < -0.3 is 15.0 Å². The molecule has 4 rings (SSSR count). The molecule has 2 heterocycles. The number of fused-ring (bicyclic) bond motifs is 1. The van der Waals surface area contributed by atoms with E-state index in [1.165, 1.54) is 32.4 Å². The van der Waals surface area contributed by atoms with Gasteiger partial charge in [0.1, 0.15) is 5.75 Å². The Kier molecular flexibility index (Phi) is 5.68. The number of anilines is 1. The SMILES string of the molecule is O=C(Nc1ccc(OCCCN2CC3CCCC3C2)cc1)c1ccncc1. The molecule has 142 valence electrons. The highest BCUT2D eigenvalue weighted by Crippen LogP contribution is 2.37. The second-order valence-corrected chi connectivity index (χ2v) is 7.63. The Hall–Kier alpha value is -2.40. The van der Waals surface area contributed by atoms with Gasteiger partial charge in [-0.15, -0.1) is 0 Å². The Morgan fingerprint density at radius 2 is 1.78 bits per heavy atom. The lowest BCUT2D eigenvalue weighted by molar-refractivity contribution is 0.102. The number of pyridine rings is 1. The molecule has 2 atom stereocenters. The van der Waals surface area contributed by atoms with Gasteiger partial charge in [-0.05, 0) is 67.5 Å². The van der Waals surface area contributed by atoms with Crippen molar-refractivity contribution in [3.05, 3.63) is 54.4 Å². The van der Waals surface area contributed by atoms with Gasteiger partial charge in [-0.1, -0.05) is 6.42 Å². The summed E-state index contributed by atoms with van der Waals surface area (Å²) in [5.41, 5.74) is 1.35. The maximum atomic E-state index is 12.1. The molecule has 1 aliphatic heterocycles. The first kappa shape index (κ1) is 18.0. The number of nitrogens with zero attached hydrogens (tertiary/aromatic N) is 2. The quantitative estimate of drug-likeness (QED) is 0.758. The highest BCUT2D eigenvalue weighted by Gasteiger charge is 2.35. The molecule has 0 spiro atoms. The highest BCUT2D eigenvalue weighted by atomic mass is 16.5. The van der Waals surface area contributed by atoms with E-state index < -0.39 is 0 Å².